The Balaban J connectivity index is 1.51. The summed E-state index contributed by atoms with van der Waals surface area (Å²) in [6.07, 6.45) is 9.83. The summed E-state index contributed by atoms with van der Waals surface area (Å²) >= 11 is 7.96. The van der Waals surface area contributed by atoms with Gasteiger partial charge in [0.05, 0.1) is 22.2 Å². The first-order chi connectivity index (χ1) is 23.6. The minimum atomic E-state index is -2.65. The Kier molecular flexibility index (Phi) is 13.7. The zero-order chi connectivity index (χ0) is 35.0. The fraction of sp³-hybridized carbons (Fsp3) is 0.455. The van der Waals surface area contributed by atoms with Crippen molar-refractivity contribution in [3.63, 3.8) is 0 Å². The summed E-state index contributed by atoms with van der Waals surface area (Å²) in [5.74, 6) is 4.69. The van der Waals surface area contributed by atoms with Crippen molar-refractivity contribution in [2.24, 2.45) is 23.7 Å². The Bertz CT molecular complexity index is 1510. The summed E-state index contributed by atoms with van der Waals surface area (Å²) in [6, 6.07) is 31.7. The molecule has 0 aliphatic carbocycles. The maximum Gasteiger partial charge on any atom is 0.180 e. The molecule has 2 unspecified atom stereocenters. The molecule has 1 heterocycles. The fourth-order valence-corrected chi connectivity index (χ4v) is 14.0. The molecule has 2 atom stereocenters. The average Bonchev–Trinajstić information content (AvgIpc) is 3.33. The lowest BCUT2D eigenvalue weighted by Gasteiger charge is -2.31. The molecule has 0 spiro atoms. The zero-order valence-corrected chi connectivity index (χ0v) is 34.7. The van der Waals surface area contributed by atoms with Crippen LogP contribution in [0.15, 0.2) is 93.9 Å². The van der Waals surface area contributed by atoms with Crippen LogP contribution < -0.4 is 30.2 Å². The molecule has 4 aromatic carbocycles. The van der Waals surface area contributed by atoms with Gasteiger partial charge in [0.1, 0.15) is 11.5 Å². The zero-order valence-electron chi connectivity index (χ0n) is 30.5. The Hall–Kier alpha value is -2.34. The van der Waals surface area contributed by atoms with Gasteiger partial charge in [0.15, 0.2) is 8.07 Å². The monoisotopic (exact) mass is 802 g/mol. The maximum atomic E-state index is 6.57. The molecule has 49 heavy (non-hydrogen) atoms. The van der Waals surface area contributed by atoms with Crippen LogP contribution in [0.25, 0.3) is 11.1 Å². The molecule has 0 saturated carbocycles. The maximum absolute atomic E-state index is 6.57. The summed E-state index contributed by atoms with van der Waals surface area (Å²) in [7, 11) is -2.65. The highest BCUT2D eigenvalue weighted by molar-refractivity contribution is 9.11. The van der Waals surface area contributed by atoms with Crippen molar-refractivity contribution >= 4 is 60.7 Å². The van der Waals surface area contributed by atoms with Crippen LogP contribution >= 0.6 is 31.9 Å². The van der Waals surface area contributed by atoms with E-state index >= 15 is 0 Å². The predicted octanol–water partition coefficient (Wildman–Crippen LogP) is 11.0. The molecule has 5 heteroatoms. The van der Waals surface area contributed by atoms with E-state index in [9.17, 15) is 0 Å². The molecule has 5 rings (SSSR count). The molecule has 0 radical (unpaired) electrons. The second kappa shape index (κ2) is 17.7. The minimum Gasteiger partial charge on any atom is -0.492 e. The van der Waals surface area contributed by atoms with Crippen molar-refractivity contribution in [3.8, 4) is 22.6 Å². The van der Waals surface area contributed by atoms with E-state index < -0.39 is 8.07 Å². The normalized spacial score (nSPS) is 14.5. The second-order valence-corrected chi connectivity index (χ2v) is 20.7. The third kappa shape index (κ3) is 9.12. The first kappa shape index (κ1) is 37.9. The van der Waals surface area contributed by atoms with Crippen molar-refractivity contribution in [2.45, 2.75) is 92.9 Å². The van der Waals surface area contributed by atoms with E-state index in [1.54, 1.807) is 0 Å². The van der Waals surface area contributed by atoms with Crippen molar-refractivity contribution in [1.82, 2.24) is 0 Å². The molecule has 0 N–H and O–H groups in total. The highest BCUT2D eigenvalue weighted by atomic mass is 79.9. The van der Waals surface area contributed by atoms with E-state index in [0.29, 0.717) is 11.8 Å². The molecule has 4 aromatic rings. The summed E-state index contributed by atoms with van der Waals surface area (Å²) in [5, 5.41) is 5.55. The molecule has 0 amide bonds. The molecular formula is C44H56Br2O2Si. The first-order valence-electron chi connectivity index (χ1n) is 18.7. The van der Waals surface area contributed by atoms with Crippen molar-refractivity contribution in [2.75, 3.05) is 13.2 Å². The lowest BCUT2D eigenvalue weighted by molar-refractivity contribution is 0.274. The molecule has 1 aliphatic rings. The number of hydrogen-bond donors (Lipinski definition) is 0. The van der Waals surface area contributed by atoms with Crippen LogP contribution in [0, 0.1) is 23.7 Å². The number of ether oxygens (including phenoxy) is 2. The largest absolute Gasteiger partial charge is 0.492 e. The van der Waals surface area contributed by atoms with Gasteiger partial charge in [-0.15, -0.1) is 0 Å². The third-order valence-electron chi connectivity index (χ3n) is 10.3. The van der Waals surface area contributed by atoms with Gasteiger partial charge in [-0.25, -0.2) is 0 Å². The van der Waals surface area contributed by atoms with Gasteiger partial charge in [0.2, 0.25) is 0 Å². The first-order valence-corrected chi connectivity index (χ1v) is 22.2. The second-order valence-electron chi connectivity index (χ2n) is 15.3. The van der Waals surface area contributed by atoms with Gasteiger partial charge in [0.25, 0.3) is 0 Å². The molecule has 2 nitrogen and oxygen atoms in total. The predicted molar refractivity (Wildman–Crippen MR) is 220 cm³/mol. The fourth-order valence-electron chi connectivity index (χ4n) is 7.48. The van der Waals surface area contributed by atoms with Gasteiger partial charge < -0.3 is 9.47 Å². The van der Waals surface area contributed by atoms with Gasteiger partial charge in [-0.2, -0.15) is 0 Å². The van der Waals surface area contributed by atoms with Gasteiger partial charge in [-0.1, -0.05) is 141 Å². The van der Waals surface area contributed by atoms with E-state index in [4.69, 9.17) is 9.47 Å². The van der Waals surface area contributed by atoms with Crippen LogP contribution in [0.2, 0.25) is 0 Å². The van der Waals surface area contributed by atoms with Crippen LogP contribution in [0.1, 0.15) is 92.9 Å². The number of rotatable bonds is 18. The summed E-state index contributed by atoms with van der Waals surface area (Å²) in [5.41, 5.74) is 2.52. The van der Waals surface area contributed by atoms with Crippen LogP contribution in [-0.4, -0.2) is 21.3 Å². The van der Waals surface area contributed by atoms with Crippen LogP contribution in [0.5, 0.6) is 11.5 Å². The van der Waals surface area contributed by atoms with Gasteiger partial charge in [-0.3, -0.25) is 0 Å². The smallest absolute Gasteiger partial charge is 0.180 e. The Labute approximate surface area is 314 Å². The molecule has 0 aromatic heterocycles. The SMILES string of the molecule is CC(C)CCCC(C)CCOc1cc2c(cc1Br)[Si](c1ccccc1)(c1ccccc1)c1cc(Br)c(OCCC(C)CCCC(C)C)cc1-2. The Morgan fingerprint density at radius 2 is 0.898 bits per heavy atom. The standard InChI is InChI=1S/C44H56Br2O2Si/c1-31(2)15-13-17-33(5)23-25-47-41-27-37-38-28-42(48-26-24-34(6)18-14-16-32(3)4)40(46)30-44(38)49(43(37)29-39(41)45,35-19-9-7-10-20-35)36-21-11-8-12-22-36/h7-12,19-22,27-34H,13-18,23-26H2,1-6H3. The highest BCUT2D eigenvalue weighted by Crippen LogP contribution is 2.39. The van der Waals surface area contributed by atoms with E-state index in [1.165, 1.54) is 70.4 Å². The molecule has 0 fully saturated rings. The lowest BCUT2D eigenvalue weighted by atomic mass is 9.98. The third-order valence-corrected chi connectivity index (χ3v) is 16.4. The summed E-state index contributed by atoms with van der Waals surface area (Å²) in [6.45, 7) is 15.4. The number of fused-ring (bicyclic) bond motifs is 3. The Morgan fingerprint density at radius 3 is 1.27 bits per heavy atom. The highest BCUT2D eigenvalue weighted by Gasteiger charge is 2.49. The summed E-state index contributed by atoms with van der Waals surface area (Å²) in [4.78, 5) is 0. The molecule has 1 aliphatic heterocycles. The average molecular weight is 805 g/mol. The van der Waals surface area contributed by atoms with Gasteiger partial charge in [-0.05, 0) is 125 Å². The molecule has 0 saturated heterocycles. The summed E-state index contributed by atoms with van der Waals surface area (Å²) < 4.78 is 15.2. The van der Waals surface area contributed by atoms with Crippen LogP contribution in [0.3, 0.4) is 0 Å². The molecule has 262 valence electrons. The lowest BCUT2D eigenvalue weighted by Crippen LogP contribution is -2.72. The molecule has 0 bridgehead atoms. The number of benzene rings is 4. The van der Waals surface area contributed by atoms with E-state index in [1.807, 2.05) is 0 Å². The quantitative estimate of drug-likeness (QED) is 0.0822. The topological polar surface area (TPSA) is 18.5 Å². The number of hydrogen-bond acceptors (Lipinski definition) is 2. The van der Waals surface area contributed by atoms with E-state index in [-0.39, 0.29) is 0 Å². The van der Waals surface area contributed by atoms with Crippen molar-refractivity contribution in [1.29, 1.82) is 0 Å². The minimum absolute atomic E-state index is 0.652. The van der Waals surface area contributed by atoms with Gasteiger partial charge in [0, 0.05) is 0 Å². The van der Waals surface area contributed by atoms with Crippen LogP contribution in [0.4, 0.5) is 0 Å². The molecular weight excluding hydrogens is 748 g/mol. The van der Waals surface area contributed by atoms with Crippen molar-refractivity contribution in [3.05, 3.63) is 93.9 Å². The number of halogens is 2. The van der Waals surface area contributed by atoms with E-state index in [2.05, 4.69) is 158 Å². The Morgan fingerprint density at radius 1 is 0.510 bits per heavy atom. The van der Waals surface area contributed by atoms with Crippen LogP contribution in [-0.2, 0) is 0 Å². The van der Waals surface area contributed by atoms with E-state index in [0.717, 1.165) is 58.3 Å². The van der Waals surface area contributed by atoms with Crippen molar-refractivity contribution < 1.29 is 9.47 Å². The van der Waals surface area contributed by atoms with Gasteiger partial charge >= 0.3 is 0 Å².